The molecular formula is C20H25NO4S. The Morgan fingerprint density at radius 2 is 1.85 bits per heavy atom. The first kappa shape index (κ1) is 20.0. The van der Waals surface area contributed by atoms with E-state index in [0.717, 1.165) is 23.8 Å². The summed E-state index contributed by atoms with van der Waals surface area (Å²) < 4.78 is 27.6. The van der Waals surface area contributed by atoms with Gasteiger partial charge in [-0.2, -0.15) is 8.42 Å². The number of benzene rings is 2. The lowest BCUT2D eigenvalue weighted by Gasteiger charge is -2.29. The number of hydrogen-bond acceptors (Lipinski definition) is 4. The van der Waals surface area contributed by atoms with Crippen molar-refractivity contribution in [3.63, 3.8) is 0 Å². The normalized spacial score (nSPS) is 12.5. The Hall–Kier alpha value is -2.34. The summed E-state index contributed by atoms with van der Waals surface area (Å²) >= 11 is 0. The molecule has 26 heavy (non-hydrogen) atoms. The Morgan fingerprint density at radius 3 is 2.46 bits per heavy atom. The van der Waals surface area contributed by atoms with Crippen molar-refractivity contribution in [3.05, 3.63) is 65.2 Å². The maximum absolute atomic E-state index is 13.1. The summed E-state index contributed by atoms with van der Waals surface area (Å²) in [5, 5.41) is 0. The zero-order valence-corrected chi connectivity index (χ0v) is 16.4. The average molecular weight is 375 g/mol. The van der Waals surface area contributed by atoms with Gasteiger partial charge in [0, 0.05) is 18.2 Å². The van der Waals surface area contributed by atoms with Crippen LogP contribution in [0.4, 0.5) is 0 Å². The summed E-state index contributed by atoms with van der Waals surface area (Å²) in [6.45, 7) is 6.34. The smallest absolute Gasteiger partial charge is 0.306 e. The molecule has 0 aliphatic heterocycles. The van der Waals surface area contributed by atoms with E-state index < -0.39 is 10.1 Å². The molecule has 5 nitrogen and oxygen atoms in total. The second kappa shape index (κ2) is 8.36. The fraction of sp³-hybridized carbons (Fsp3) is 0.350. The fourth-order valence-electron chi connectivity index (χ4n) is 2.68. The summed E-state index contributed by atoms with van der Waals surface area (Å²) in [7, 11) is -3.59. The molecule has 1 atom stereocenters. The molecular weight excluding hydrogens is 350 g/mol. The van der Waals surface area contributed by atoms with Gasteiger partial charge in [0.1, 0.15) is 5.75 Å². The molecule has 0 aliphatic rings. The Morgan fingerprint density at radius 1 is 1.15 bits per heavy atom. The maximum atomic E-state index is 13.1. The van der Waals surface area contributed by atoms with E-state index >= 15 is 0 Å². The highest BCUT2D eigenvalue weighted by atomic mass is 32.2. The highest BCUT2D eigenvalue weighted by molar-refractivity contribution is 7.86. The quantitative estimate of drug-likeness (QED) is 0.691. The first-order valence-electron chi connectivity index (χ1n) is 8.56. The van der Waals surface area contributed by atoms with E-state index in [1.807, 2.05) is 56.0 Å². The molecule has 1 amide bonds. The van der Waals surface area contributed by atoms with Crippen molar-refractivity contribution in [1.29, 1.82) is 0 Å². The van der Waals surface area contributed by atoms with Gasteiger partial charge in [-0.05, 0) is 49.6 Å². The minimum atomic E-state index is -3.59. The monoisotopic (exact) mass is 375 g/mol. The average Bonchev–Trinajstić information content (AvgIpc) is 2.58. The van der Waals surface area contributed by atoms with Gasteiger partial charge in [0.15, 0.2) is 0 Å². The van der Waals surface area contributed by atoms with Crippen LogP contribution < -0.4 is 4.18 Å². The van der Waals surface area contributed by atoms with Crippen molar-refractivity contribution in [3.8, 4) is 5.75 Å². The predicted octanol–water partition coefficient (Wildman–Crippen LogP) is 3.77. The molecule has 0 N–H and O–H groups in total. The largest absolute Gasteiger partial charge is 0.383 e. The van der Waals surface area contributed by atoms with Gasteiger partial charge >= 0.3 is 10.1 Å². The van der Waals surface area contributed by atoms with Gasteiger partial charge in [0.2, 0.25) is 0 Å². The number of carbonyl (C=O) groups excluding carboxylic acids is 1. The molecule has 2 rings (SSSR count). The number of amides is 1. The minimum absolute atomic E-state index is 0.0353. The second-order valence-electron chi connectivity index (χ2n) is 6.44. The highest BCUT2D eigenvalue weighted by Crippen LogP contribution is 2.21. The van der Waals surface area contributed by atoms with Crippen LogP contribution in [0.1, 0.15) is 41.8 Å². The summed E-state index contributed by atoms with van der Waals surface area (Å²) in [5.41, 5.74) is 2.42. The lowest BCUT2D eigenvalue weighted by Crippen LogP contribution is -2.38. The topological polar surface area (TPSA) is 63.7 Å². The standard InChI is InChI=1S/C20H25NO4S/c1-5-16(3)21(20(22)19-12-7-6-9-15(19)2)14-17-10-8-11-18(13-17)25-26(4,23)24/h6-13,16H,5,14H2,1-4H3/t16-/m0/s1. The number of nitrogens with zero attached hydrogens (tertiary/aromatic N) is 1. The van der Waals surface area contributed by atoms with Gasteiger partial charge in [-0.25, -0.2) is 0 Å². The van der Waals surface area contributed by atoms with Crippen LogP contribution in [-0.4, -0.2) is 31.5 Å². The van der Waals surface area contributed by atoms with E-state index in [2.05, 4.69) is 0 Å². The molecule has 2 aromatic carbocycles. The first-order valence-corrected chi connectivity index (χ1v) is 10.4. The van der Waals surface area contributed by atoms with Crippen LogP contribution in [0.15, 0.2) is 48.5 Å². The molecule has 0 heterocycles. The lowest BCUT2D eigenvalue weighted by molar-refractivity contribution is 0.0670. The van der Waals surface area contributed by atoms with Crippen LogP contribution in [0.2, 0.25) is 0 Å². The van der Waals surface area contributed by atoms with Crippen LogP contribution >= 0.6 is 0 Å². The van der Waals surface area contributed by atoms with Gasteiger partial charge in [-0.3, -0.25) is 4.79 Å². The Bertz CT molecular complexity index is 877. The Balaban J connectivity index is 2.30. The Labute approximate surface area is 155 Å². The van der Waals surface area contributed by atoms with Crippen molar-refractivity contribution in [2.45, 2.75) is 39.8 Å². The lowest BCUT2D eigenvalue weighted by atomic mass is 10.1. The number of carbonyl (C=O) groups is 1. The van der Waals surface area contributed by atoms with Crippen LogP contribution in [-0.2, 0) is 16.7 Å². The van der Waals surface area contributed by atoms with Gasteiger partial charge < -0.3 is 9.08 Å². The second-order valence-corrected chi connectivity index (χ2v) is 8.02. The molecule has 0 radical (unpaired) electrons. The third-order valence-corrected chi connectivity index (χ3v) is 4.75. The maximum Gasteiger partial charge on any atom is 0.306 e. The van der Waals surface area contributed by atoms with E-state index in [1.54, 1.807) is 18.2 Å². The molecule has 0 aliphatic carbocycles. The number of aryl methyl sites for hydroxylation is 1. The van der Waals surface area contributed by atoms with Gasteiger partial charge in [-0.1, -0.05) is 37.3 Å². The van der Waals surface area contributed by atoms with Crippen molar-refractivity contribution in [2.75, 3.05) is 6.26 Å². The number of rotatable bonds is 7. The summed E-state index contributed by atoms with van der Waals surface area (Å²) in [4.78, 5) is 14.9. The van der Waals surface area contributed by atoms with Crippen molar-refractivity contribution in [1.82, 2.24) is 4.90 Å². The molecule has 0 fully saturated rings. The van der Waals surface area contributed by atoms with E-state index in [1.165, 1.54) is 0 Å². The van der Waals surface area contributed by atoms with E-state index in [9.17, 15) is 13.2 Å². The van der Waals surface area contributed by atoms with Crippen LogP contribution in [0.5, 0.6) is 5.75 Å². The fourth-order valence-corrected chi connectivity index (χ4v) is 3.14. The minimum Gasteiger partial charge on any atom is -0.383 e. The van der Waals surface area contributed by atoms with Crippen LogP contribution in [0.3, 0.4) is 0 Å². The molecule has 0 unspecified atom stereocenters. The molecule has 0 bridgehead atoms. The van der Waals surface area contributed by atoms with Gasteiger partial charge in [0.05, 0.1) is 6.26 Å². The van der Waals surface area contributed by atoms with Crippen molar-refractivity contribution >= 4 is 16.0 Å². The molecule has 140 valence electrons. The van der Waals surface area contributed by atoms with E-state index in [4.69, 9.17) is 4.18 Å². The van der Waals surface area contributed by atoms with E-state index in [0.29, 0.717) is 12.1 Å². The van der Waals surface area contributed by atoms with Gasteiger partial charge in [-0.15, -0.1) is 0 Å². The molecule has 6 heteroatoms. The molecule has 2 aromatic rings. The molecule has 0 spiro atoms. The van der Waals surface area contributed by atoms with Gasteiger partial charge in [0.25, 0.3) is 5.91 Å². The summed E-state index contributed by atoms with van der Waals surface area (Å²) in [5.74, 6) is 0.212. The summed E-state index contributed by atoms with van der Waals surface area (Å²) in [6.07, 6.45) is 1.82. The zero-order valence-electron chi connectivity index (χ0n) is 15.6. The summed E-state index contributed by atoms with van der Waals surface area (Å²) in [6, 6.07) is 14.4. The SMILES string of the molecule is CC[C@H](C)N(Cc1cccc(OS(C)(=O)=O)c1)C(=O)c1ccccc1C. The molecule has 0 saturated heterocycles. The van der Waals surface area contributed by atoms with Crippen LogP contribution in [0.25, 0.3) is 0 Å². The molecule has 0 aromatic heterocycles. The van der Waals surface area contributed by atoms with Crippen LogP contribution in [0, 0.1) is 6.92 Å². The zero-order chi connectivity index (χ0) is 19.3. The molecule has 0 saturated carbocycles. The highest BCUT2D eigenvalue weighted by Gasteiger charge is 2.22. The first-order chi connectivity index (χ1) is 12.2. The van der Waals surface area contributed by atoms with E-state index in [-0.39, 0.29) is 17.7 Å². The third kappa shape index (κ3) is 5.33. The number of hydrogen-bond donors (Lipinski definition) is 0. The predicted molar refractivity (Wildman–Crippen MR) is 103 cm³/mol. The third-order valence-electron chi connectivity index (χ3n) is 4.26. The van der Waals surface area contributed by atoms with Crippen molar-refractivity contribution in [2.24, 2.45) is 0 Å². The van der Waals surface area contributed by atoms with Crippen molar-refractivity contribution < 1.29 is 17.4 Å². The Kier molecular flexibility index (Phi) is 6.42.